The number of carbonyl (C=O) groups excluding carboxylic acids is 2. The number of rotatable bonds is 8. The van der Waals surface area contributed by atoms with E-state index in [4.69, 9.17) is 4.74 Å². The summed E-state index contributed by atoms with van der Waals surface area (Å²) in [5.41, 5.74) is 3.21. The predicted octanol–water partition coefficient (Wildman–Crippen LogP) is 4.56. The van der Waals surface area contributed by atoms with E-state index in [2.05, 4.69) is 5.32 Å². The van der Waals surface area contributed by atoms with E-state index in [1.54, 1.807) is 31.2 Å². The number of nitrogens with zero attached hydrogens (tertiary/aromatic N) is 1. The van der Waals surface area contributed by atoms with Gasteiger partial charge in [-0.2, -0.15) is 4.31 Å². The van der Waals surface area contributed by atoms with Crippen molar-refractivity contribution >= 4 is 27.6 Å². The minimum Gasteiger partial charge on any atom is -0.452 e. The molecule has 1 aliphatic rings. The van der Waals surface area contributed by atoms with Crippen LogP contribution in [0.5, 0.6) is 0 Å². The number of hydrogen-bond acceptors (Lipinski definition) is 5. The average molecular weight is 507 g/mol. The quantitative estimate of drug-likeness (QED) is 0.452. The lowest BCUT2D eigenvalue weighted by Crippen LogP contribution is -2.36. The topological polar surface area (TPSA) is 92.8 Å². The highest BCUT2D eigenvalue weighted by molar-refractivity contribution is 7.89. The largest absolute Gasteiger partial charge is 0.452 e. The Labute approximate surface area is 212 Å². The van der Waals surface area contributed by atoms with Crippen molar-refractivity contribution in [2.24, 2.45) is 0 Å². The number of amides is 1. The molecule has 36 heavy (non-hydrogen) atoms. The second kappa shape index (κ2) is 11.5. The van der Waals surface area contributed by atoms with E-state index in [0.29, 0.717) is 36.3 Å². The molecule has 0 aliphatic carbocycles. The van der Waals surface area contributed by atoms with Gasteiger partial charge < -0.3 is 10.1 Å². The van der Waals surface area contributed by atoms with Crippen LogP contribution >= 0.6 is 0 Å². The minimum absolute atomic E-state index is 0.175. The molecule has 0 unspecified atom stereocenters. The number of ether oxygens (including phenoxy) is 1. The molecular formula is C28H30N2O5S. The molecule has 3 aromatic carbocycles. The molecule has 0 saturated carbocycles. The van der Waals surface area contributed by atoms with E-state index in [1.165, 1.54) is 10.4 Å². The number of benzene rings is 3. The molecule has 1 N–H and O–H groups in total. The SMILES string of the molecule is Cc1ccc(NC(=O)COC(=O)c2ccccc2Cc2ccccc2)cc1S(=O)(=O)N1CCCCC1. The molecule has 1 heterocycles. The third-order valence-electron chi connectivity index (χ3n) is 6.21. The normalized spacial score (nSPS) is 14.2. The number of nitrogens with one attached hydrogen (secondary N) is 1. The Balaban J connectivity index is 1.40. The molecule has 1 fully saturated rings. The summed E-state index contributed by atoms with van der Waals surface area (Å²) in [7, 11) is -3.65. The molecule has 1 amide bonds. The van der Waals surface area contributed by atoms with E-state index in [1.807, 2.05) is 42.5 Å². The number of sulfonamides is 1. The van der Waals surface area contributed by atoms with Crippen LogP contribution in [0.3, 0.4) is 0 Å². The molecule has 0 bridgehead atoms. The predicted molar refractivity (Wildman–Crippen MR) is 138 cm³/mol. The maximum absolute atomic E-state index is 13.1. The maximum Gasteiger partial charge on any atom is 0.338 e. The summed E-state index contributed by atoms with van der Waals surface area (Å²) in [5.74, 6) is -1.14. The number of piperidine rings is 1. The van der Waals surface area contributed by atoms with Gasteiger partial charge in [0.2, 0.25) is 10.0 Å². The van der Waals surface area contributed by atoms with Gasteiger partial charge in [0.1, 0.15) is 0 Å². The molecule has 3 aromatic rings. The second-order valence-corrected chi connectivity index (χ2v) is 10.8. The summed E-state index contributed by atoms with van der Waals surface area (Å²) in [5, 5.41) is 2.65. The van der Waals surface area contributed by atoms with Crippen molar-refractivity contribution < 1.29 is 22.7 Å². The summed E-state index contributed by atoms with van der Waals surface area (Å²) >= 11 is 0. The lowest BCUT2D eigenvalue weighted by Gasteiger charge is -2.26. The van der Waals surface area contributed by atoms with E-state index in [0.717, 1.165) is 30.4 Å². The van der Waals surface area contributed by atoms with Crippen molar-refractivity contribution in [2.75, 3.05) is 25.0 Å². The van der Waals surface area contributed by atoms with Gasteiger partial charge >= 0.3 is 5.97 Å². The van der Waals surface area contributed by atoms with Crippen LogP contribution in [0.4, 0.5) is 5.69 Å². The number of anilines is 1. The fourth-order valence-corrected chi connectivity index (χ4v) is 6.06. The molecule has 4 rings (SSSR count). The average Bonchev–Trinajstić information content (AvgIpc) is 2.90. The maximum atomic E-state index is 13.1. The molecule has 1 saturated heterocycles. The highest BCUT2D eigenvalue weighted by Gasteiger charge is 2.27. The standard InChI is InChI=1S/C28H30N2O5S/c1-21-14-15-24(19-26(21)36(33,34)30-16-8-3-9-17-30)29-27(31)20-35-28(32)25-13-7-6-12-23(25)18-22-10-4-2-5-11-22/h2,4-7,10-15,19H,3,8-9,16-18,20H2,1H3,(H,29,31). The molecule has 7 nitrogen and oxygen atoms in total. The number of esters is 1. The van der Waals surface area contributed by atoms with Crippen LogP contribution in [0.15, 0.2) is 77.7 Å². The third kappa shape index (κ3) is 6.19. The second-order valence-electron chi connectivity index (χ2n) is 8.89. The van der Waals surface area contributed by atoms with Crippen molar-refractivity contribution in [3.63, 3.8) is 0 Å². The van der Waals surface area contributed by atoms with E-state index >= 15 is 0 Å². The Bertz CT molecular complexity index is 1330. The number of carbonyl (C=O) groups is 2. The molecule has 0 aromatic heterocycles. The Morgan fingerprint density at radius 2 is 1.61 bits per heavy atom. The first kappa shape index (κ1) is 25.6. The molecular weight excluding hydrogens is 476 g/mol. The van der Waals surface area contributed by atoms with E-state index in [-0.39, 0.29) is 4.90 Å². The van der Waals surface area contributed by atoms with Gasteiger partial charge in [0.25, 0.3) is 5.91 Å². The first-order valence-electron chi connectivity index (χ1n) is 12.0. The number of hydrogen-bond donors (Lipinski definition) is 1. The zero-order valence-electron chi connectivity index (χ0n) is 20.3. The minimum atomic E-state index is -3.65. The summed E-state index contributed by atoms with van der Waals surface area (Å²) in [6, 6.07) is 21.7. The van der Waals surface area contributed by atoms with Gasteiger partial charge in [-0.3, -0.25) is 4.79 Å². The molecule has 0 spiro atoms. The van der Waals surface area contributed by atoms with Crippen LogP contribution < -0.4 is 5.32 Å². The van der Waals surface area contributed by atoms with Crippen molar-refractivity contribution in [1.82, 2.24) is 4.31 Å². The van der Waals surface area contributed by atoms with Crippen LogP contribution in [-0.4, -0.2) is 44.3 Å². The summed E-state index contributed by atoms with van der Waals surface area (Å²) < 4.78 is 33.0. The Morgan fingerprint density at radius 1 is 0.917 bits per heavy atom. The van der Waals surface area contributed by atoms with Crippen LogP contribution in [0, 0.1) is 6.92 Å². The molecule has 8 heteroatoms. The van der Waals surface area contributed by atoms with Gasteiger partial charge in [-0.05, 0) is 61.1 Å². The summed E-state index contributed by atoms with van der Waals surface area (Å²) in [4.78, 5) is 25.4. The molecule has 1 aliphatic heterocycles. The van der Waals surface area contributed by atoms with Crippen LogP contribution in [0.2, 0.25) is 0 Å². The zero-order chi connectivity index (χ0) is 25.5. The van der Waals surface area contributed by atoms with Crippen molar-refractivity contribution in [3.05, 3.63) is 95.1 Å². The first-order valence-corrected chi connectivity index (χ1v) is 13.5. The van der Waals surface area contributed by atoms with Crippen molar-refractivity contribution in [3.8, 4) is 0 Å². The van der Waals surface area contributed by atoms with Gasteiger partial charge in [0, 0.05) is 18.8 Å². The lowest BCUT2D eigenvalue weighted by molar-refractivity contribution is -0.119. The van der Waals surface area contributed by atoms with Gasteiger partial charge in [-0.1, -0.05) is 61.0 Å². The van der Waals surface area contributed by atoms with E-state index < -0.39 is 28.5 Å². The fraction of sp³-hybridized carbons (Fsp3) is 0.286. The Hall–Kier alpha value is -3.49. The first-order chi connectivity index (χ1) is 17.3. The Morgan fingerprint density at radius 3 is 2.36 bits per heavy atom. The lowest BCUT2D eigenvalue weighted by atomic mass is 10.00. The highest BCUT2D eigenvalue weighted by atomic mass is 32.2. The highest BCUT2D eigenvalue weighted by Crippen LogP contribution is 2.26. The van der Waals surface area contributed by atoms with Crippen molar-refractivity contribution in [2.45, 2.75) is 37.5 Å². The molecule has 188 valence electrons. The zero-order valence-corrected chi connectivity index (χ0v) is 21.1. The Kier molecular flexibility index (Phi) is 8.18. The third-order valence-corrected chi connectivity index (χ3v) is 8.25. The number of aryl methyl sites for hydroxylation is 1. The fourth-order valence-electron chi connectivity index (χ4n) is 4.30. The summed E-state index contributed by atoms with van der Waals surface area (Å²) in [6.45, 7) is 2.25. The van der Waals surface area contributed by atoms with Crippen molar-refractivity contribution in [1.29, 1.82) is 0 Å². The van der Waals surface area contributed by atoms with Gasteiger partial charge in [0.15, 0.2) is 6.61 Å². The monoisotopic (exact) mass is 506 g/mol. The van der Waals surface area contributed by atoms with Gasteiger partial charge in [-0.15, -0.1) is 0 Å². The smallest absolute Gasteiger partial charge is 0.338 e. The van der Waals surface area contributed by atoms with Crippen LogP contribution in [0.25, 0.3) is 0 Å². The van der Waals surface area contributed by atoms with Gasteiger partial charge in [-0.25, -0.2) is 13.2 Å². The summed E-state index contributed by atoms with van der Waals surface area (Å²) in [6.07, 6.45) is 3.27. The molecule has 0 atom stereocenters. The van der Waals surface area contributed by atoms with E-state index in [9.17, 15) is 18.0 Å². The van der Waals surface area contributed by atoms with Crippen LogP contribution in [-0.2, 0) is 26.0 Å². The van der Waals surface area contributed by atoms with Crippen LogP contribution in [0.1, 0.15) is 46.3 Å². The van der Waals surface area contributed by atoms with Gasteiger partial charge in [0.05, 0.1) is 10.5 Å². The molecule has 0 radical (unpaired) electrons.